The molecule has 0 aromatic heterocycles. The van der Waals surface area contributed by atoms with E-state index in [9.17, 15) is 9.59 Å². The van der Waals surface area contributed by atoms with Crippen LogP contribution in [-0.4, -0.2) is 25.2 Å². The Kier molecular flexibility index (Phi) is 14.6. The summed E-state index contributed by atoms with van der Waals surface area (Å²) in [4.78, 5) is 23.8. The van der Waals surface area contributed by atoms with Crippen LogP contribution in [0.3, 0.4) is 0 Å². The molecule has 2 unspecified atom stereocenters. The zero-order chi connectivity index (χ0) is 25.3. The molecular formula is C30H44O4. The molecule has 0 bridgehead atoms. The van der Waals surface area contributed by atoms with Crippen molar-refractivity contribution in [2.24, 2.45) is 23.7 Å². The van der Waals surface area contributed by atoms with Crippen molar-refractivity contribution in [3.63, 3.8) is 0 Å². The quantitative estimate of drug-likeness (QED) is 0.298. The minimum atomic E-state index is -0.290. The molecule has 2 atom stereocenters. The van der Waals surface area contributed by atoms with Gasteiger partial charge >= 0.3 is 11.9 Å². The molecule has 188 valence electrons. The highest BCUT2D eigenvalue weighted by Crippen LogP contribution is 2.15. The van der Waals surface area contributed by atoms with Gasteiger partial charge in [0.2, 0.25) is 0 Å². The first-order chi connectivity index (χ1) is 16.2. The van der Waals surface area contributed by atoms with Crippen LogP contribution in [0.25, 0.3) is 0 Å². The lowest BCUT2D eigenvalue weighted by Gasteiger charge is -2.16. The number of rotatable bonds is 12. The Morgan fingerprint density at radius 2 is 0.882 bits per heavy atom. The van der Waals surface area contributed by atoms with E-state index in [1.54, 1.807) is 24.3 Å². The normalized spacial score (nSPS) is 12.5. The molecule has 0 N–H and O–H groups in total. The lowest BCUT2D eigenvalue weighted by Crippen LogP contribution is -2.15. The third-order valence-electron chi connectivity index (χ3n) is 5.49. The van der Waals surface area contributed by atoms with Crippen molar-refractivity contribution in [3.05, 3.63) is 71.8 Å². The van der Waals surface area contributed by atoms with E-state index >= 15 is 0 Å². The number of hydrogen-bond acceptors (Lipinski definition) is 4. The Morgan fingerprint density at radius 3 is 1.18 bits per heavy atom. The van der Waals surface area contributed by atoms with Crippen LogP contribution in [-0.2, 0) is 9.47 Å². The van der Waals surface area contributed by atoms with Crippen molar-refractivity contribution < 1.29 is 19.1 Å². The largest absolute Gasteiger partial charge is 0.462 e. The molecule has 2 rings (SSSR count). The van der Waals surface area contributed by atoms with Crippen LogP contribution in [0.2, 0.25) is 0 Å². The van der Waals surface area contributed by atoms with Gasteiger partial charge in [0.15, 0.2) is 0 Å². The fourth-order valence-electron chi connectivity index (χ4n) is 3.15. The summed E-state index contributed by atoms with van der Waals surface area (Å²) in [5, 5.41) is 0. The molecule has 0 saturated carbocycles. The Balaban J connectivity index is 0.000000620. The molecule has 2 aromatic carbocycles. The number of hydrogen-bond donors (Lipinski definition) is 0. The van der Waals surface area contributed by atoms with E-state index in [1.807, 2.05) is 36.4 Å². The maximum Gasteiger partial charge on any atom is 0.338 e. The second kappa shape index (κ2) is 16.9. The molecule has 0 radical (unpaired) electrons. The van der Waals surface area contributed by atoms with E-state index in [-0.39, 0.29) is 23.8 Å². The summed E-state index contributed by atoms with van der Waals surface area (Å²) in [7, 11) is 0. The van der Waals surface area contributed by atoms with Crippen LogP contribution in [0.4, 0.5) is 0 Å². The van der Waals surface area contributed by atoms with E-state index in [0.29, 0.717) is 24.3 Å². The van der Waals surface area contributed by atoms with E-state index in [4.69, 9.17) is 9.47 Å². The molecule has 34 heavy (non-hydrogen) atoms. The van der Waals surface area contributed by atoms with Crippen molar-refractivity contribution in [3.8, 4) is 0 Å². The molecule has 0 aliphatic rings. The van der Waals surface area contributed by atoms with Crippen LogP contribution in [0.5, 0.6) is 0 Å². The van der Waals surface area contributed by atoms with Crippen molar-refractivity contribution in [2.75, 3.05) is 13.2 Å². The summed E-state index contributed by atoms with van der Waals surface area (Å²) in [6.07, 6.45) is 4.59. The molecule has 2 aromatic rings. The number of benzene rings is 2. The molecule has 4 heteroatoms. The molecule has 0 amide bonds. The number of carbonyl (C=O) groups excluding carboxylic acids is 2. The van der Waals surface area contributed by atoms with Gasteiger partial charge in [-0.15, -0.1) is 0 Å². The first-order valence-electron chi connectivity index (χ1n) is 12.6. The number of esters is 2. The van der Waals surface area contributed by atoms with Crippen LogP contribution in [0.1, 0.15) is 87.9 Å². The number of carbonyl (C=O) groups is 2. The van der Waals surface area contributed by atoms with Gasteiger partial charge in [-0.2, -0.15) is 0 Å². The maximum absolute atomic E-state index is 11.9. The molecule has 0 fully saturated rings. The van der Waals surface area contributed by atoms with Crippen molar-refractivity contribution in [2.45, 2.75) is 67.2 Å². The molecule has 0 aliphatic carbocycles. The molecule has 0 saturated heterocycles. The van der Waals surface area contributed by atoms with Crippen LogP contribution in [0.15, 0.2) is 60.7 Å². The van der Waals surface area contributed by atoms with Gasteiger partial charge in [-0.05, 0) is 60.8 Å². The first kappa shape index (κ1) is 29.4. The third-order valence-corrected chi connectivity index (χ3v) is 5.49. The first-order valence-corrected chi connectivity index (χ1v) is 12.6. The van der Waals surface area contributed by atoms with Gasteiger partial charge in [-0.1, -0.05) is 90.8 Å². The van der Waals surface area contributed by atoms with Gasteiger partial charge in [0.1, 0.15) is 0 Å². The van der Waals surface area contributed by atoms with Gasteiger partial charge in [-0.3, -0.25) is 0 Å². The fraction of sp³-hybridized carbons (Fsp3) is 0.533. The Labute approximate surface area is 207 Å². The second-order valence-corrected chi connectivity index (χ2v) is 10.1. The highest BCUT2D eigenvalue weighted by Gasteiger charge is 2.13. The minimum absolute atomic E-state index is 0.259. The van der Waals surface area contributed by atoms with Gasteiger partial charge in [-0.25, -0.2) is 9.59 Å². The molecule has 0 spiro atoms. The monoisotopic (exact) mass is 468 g/mol. The van der Waals surface area contributed by atoms with Crippen LogP contribution >= 0.6 is 0 Å². The summed E-state index contributed by atoms with van der Waals surface area (Å²) in [5.74, 6) is 1.71. The van der Waals surface area contributed by atoms with Crippen molar-refractivity contribution in [1.82, 2.24) is 0 Å². The van der Waals surface area contributed by atoms with E-state index in [2.05, 4.69) is 41.5 Å². The highest BCUT2D eigenvalue weighted by molar-refractivity contribution is 5.89. The van der Waals surface area contributed by atoms with Crippen molar-refractivity contribution >= 4 is 11.9 Å². The molecule has 0 heterocycles. The predicted octanol–water partition coefficient (Wildman–Crippen LogP) is 7.83. The fourth-order valence-corrected chi connectivity index (χ4v) is 3.15. The van der Waals surface area contributed by atoms with Gasteiger partial charge < -0.3 is 9.47 Å². The lowest BCUT2D eigenvalue weighted by molar-refractivity contribution is 0.0399. The summed E-state index contributed by atoms with van der Waals surface area (Å²) >= 11 is 0. The standard InChI is InChI=1S/C22H26O4.C8H18/c1-17(15-25-21(23)19-9-5-3-6-10-19)13-14-18(2)16-26-22(24)20-11-7-4-8-12-20;1-7(2)5-6-8(3)4/h3-12,17-18H,13-16H2,1-2H3;7-8H,5-6H2,1-4H3. The predicted molar refractivity (Wildman–Crippen MR) is 140 cm³/mol. The third kappa shape index (κ3) is 13.8. The zero-order valence-corrected chi connectivity index (χ0v) is 22.0. The van der Waals surface area contributed by atoms with Crippen LogP contribution in [0, 0.1) is 23.7 Å². The van der Waals surface area contributed by atoms with Gasteiger partial charge in [0.25, 0.3) is 0 Å². The smallest absolute Gasteiger partial charge is 0.338 e. The zero-order valence-electron chi connectivity index (χ0n) is 22.0. The maximum atomic E-state index is 11.9. The summed E-state index contributed by atoms with van der Waals surface area (Å²) in [5.41, 5.74) is 1.14. The average molecular weight is 469 g/mol. The average Bonchev–Trinajstić information content (AvgIpc) is 2.84. The Bertz CT molecular complexity index is 730. The molecule has 4 nitrogen and oxygen atoms in total. The van der Waals surface area contributed by atoms with Crippen LogP contribution < -0.4 is 0 Å². The summed E-state index contributed by atoms with van der Waals surface area (Å²) < 4.78 is 10.7. The van der Waals surface area contributed by atoms with Gasteiger partial charge in [0.05, 0.1) is 24.3 Å². The van der Waals surface area contributed by atoms with E-state index in [1.165, 1.54) is 12.8 Å². The lowest BCUT2D eigenvalue weighted by atomic mass is 9.99. The minimum Gasteiger partial charge on any atom is -0.462 e. The van der Waals surface area contributed by atoms with Crippen molar-refractivity contribution in [1.29, 1.82) is 0 Å². The Morgan fingerprint density at radius 1 is 0.559 bits per heavy atom. The van der Waals surface area contributed by atoms with E-state index in [0.717, 1.165) is 24.7 Å². The molecular weight excluding hydrogens is 424 g/mol. The summed E-state index contributed by atoms with van der Waals surface area (Å²) in [6, 6.07) is 18.0. The summed E-state index contributed by atoms with van der Waals surface area (Å²) in [6.45, 7) is 14.0. The van der Waals surface area contributed by atoms with Gasteiger partial charge in [0, 0.05) is 0 Å². The molecule has 0 aliphatic heterocycles. The Hall–Kier alpha value is -2.62. The topological polar surface area (TPSA) is 52.6 Å². The highest BCUT2D eigenvalue weighted by atomic mass is 16.5. The second-order valence-electron chi connectivity index (χ2n) is 10.1. The SMILES string of the molecule is CC(C)CCC(C)C.CC(CCC(C)COC(=O)c1ccccc1)COC(=O)c1ccccc1. The number of ether oxygens (including phenoxy) is 2. The van der Waals surface area contributed by atoms with E-state index < -0.39 is 0 Å².